The van der Waals surface area contributed by atoms with Gasteiger partial charge in [0.1, 0.15) is 13.2 Å². The van der Waals surface area contributed by atoms with E-state index in [-0.39, 0.29) is 19.1 Å². The zero-order valence-electron chi connectivity index (χ0n) is 52.7. The van der Waals surface area contributed by atoms with Crippen molar-refractivity contribution < 1.29 is 32.9 Å². The summed E-state index contributed by atoms with van der Waals surface area (Å²) in [5, 5.41) is 14.1. The summed E-state index contributed by atoms with van der Waals surface area (Å²) in [5.41, 5.74) is 0. The SMILES string of the molecule is CCCCCCCCCC/C=C\CCCCCCCCCCCCCCCC(=O)NC(COP(=O)([O-])OCC[N+](C)(C)C)C(O)CCCCCCCCCCCCCCCCCCCCCCCCCCCCCCCC. The first-order valence-corrected chi connectivity index (χ1v) is 36.0. The third kappa shape index (κ3) is 62.7. The quantitative estimate of drug-likeness (QED) is 0.0272. The average Bonchev–Trinajstić information content (AvgIpc) is 3.39. The number of hydrogen-bond acceptors (Lipinski definition) is 6. The number of hydrogen-bond donors (Lipinski definition) is 2. The van der Waals surface area contributed by atoms with Crippen molar-refractivity contribution >= 4 is 13.7 Å². The lowest BCUT2D eigenvalue weighted by Crippen LogP contribution is -2.46. The van der Waals surface area contributed by atoms with Crippen LogP contribution in [0.15, 0.2) is 12.2 Å². The Morgan fingerprint density at radius 3 is 1.01 bits per heavy atom. The Hall–Kier alpha value is -0.760. The minimum atomic E-state index is -4.58. The Labute approximate surface area is 482 Å². The highest BCUT2D eigenvalue weighted by atomic mass is 31.2. The molecule has 3 atom stereocenters. The highest BCUT2D eigenvalue weighted by Gasteiger charge is 2.24. The Morgan fingerprint density at radius 2 is 0.714 bits per heavy atom. The maximum atomic E-state index is 13.0. The van der Waals surface area contributed by atoms with Gasteiger partial charge in [-0.2, -0.15) is 0 Å². The summed E-state index contributed by atoms with van der Waals surface area (Å²) in [5.74, 6) is -0.157. The van der Waals surface area contributed by atoms with Crippen molar-refractivity contribution in [3.05, 3.63) is 12.2 Å². The molecule has 8 nitrogen and oxygen atoms in total. The van der Waals surface area contributed by atoms with Gasteiger partial charge in [0.2, 0.25) is 5.91 Å². The van der Waals surface area contributed by atoms with E-state index in [0.717, 1.165) is 38.5 Å². The molecular formula is C68H137N2O6P. The number of phosphoric ester groups is 1. The lowest BCUT2D eigenvalue weighted by Gasteiger charge is -2.30. The lowest BCUT2D eigenvalue weighted by molar-refractivity contribution is -0.870. The van der Waals surface area contributed by atoms with Crippen LogP contribution < -0.4 is 10.2 Å². The first-order valence-electron chi connectivity index (χ1n) is 34.5. The van der Waals surface area contributed by atoms with E-state index in [0.29, 0.717) is 23.9 Å². The third-order valence-corrected chi connectivity index (χ3v) is 17.2. The largest absolute Gasteiger partial charge is 0.756 e. The molecule has 3 unspecified atom stereocenters. The maximum Gasteiger partial charge on any atom is 0.268 e. The number of aliphatic hydroxyl groups excluding tert-OH is 1. The minimum Gasteiger partial charge on any atom is -0.756 e. The van der Waals surface area contributed by atoms with Crippen LogP contribution in [0.1, 0.15) is 367 Å². The van der Waals surface area contributed by atoms with Gasteiger partial charge in [0.25, 0.3) is 7.82 Å². The van der Waals surface area contributed by atoms with Crippen LogP contribution in [0.25, 0.3) is 0 Å². The zero-order chi connectivity index (χ0) is 56.3. The van der Waals surface area contributed by atoms with Crippen molar-refractivity contribution in [2.75, 3.05) is 40.9 Å². The van der Waals surface area contributed by atoms with Crippen molar-refractivity contribution in [3.63, 3.8) is 0 Å². The van der Waals surface area contributed by atoms with Crippen molar-refractivity contribution in [2.24, 2.45) is 0 Å². The second kappa shape index (κ2) is 59.8. The molecule has 1 amide bonds. The molecular weight excluding hydrogens is 972 g/mol. The van der Waals surface area contributed by atoms with Crippen LogP contribution in [-0.4, -0.2) is 68.5 Å². The molecule has 0 heterocycles. The molecule has 0 spiro atoms. The molecule has 0 saturated heterocycles. The molecule has 0 bridgehead atoms. The molecule has 0 aromatic carbocycles. The number of phosphoric acid groups is 1. The van der Waals surface area contributed by atoms with Crippen LogP contribution in [0.4, 0.5) is 0 Å². The first kappa shape index (κ1) is 76.2. The van der Waals surface area contributed by atoms with Gasteiger partial charge in [-0.3, -0.25) is 9.36 Å². The average molecular weight is 1110 g/mol. The molecule has 0 aliphatic heterocycles. The number of allylic oxidation sites excluding steroid dienone is 2. The van der Waals surface area contributed by atoms with Crippen molar-refractivity contribution in [1.82, 2.24) is 5.32 Å². The van der Waals surface area contributed by atoms with Crippen molar-refractivity contribution in [2.45, 2.75) is 379 Å². The number of carbonyl (C=O) groups is 1. The fourth-order valence-corrected chi connectivity index (χ4v) is 11.6. The van der Waals surface area contributed by atoms with Gasteiger partial charge in [0, 0.05) is 6.42 Å². The van der Waals surface area contributed by atoms with Crippen LogP contribution in [0, 0.1) is 0 Å². The third-order valence-electron chi connectivity index (χ3n) is 16.3. The van der Waals surface area contributed by atoms with Crippen LogP contribution in [0.5, 0.6) is 0 Å². The Morgan fingerprint density at radius 1 is 0.442 bits per heavy atom. The summed E-state index contributed by atoms with van der Waals surface area (Å²) in [6, 6.07) is -0.799. The van der Waals surface area contributed by atoms with Gasteiger partial charge < -0.3 is 28.8 Å². The predicted octanol–water partition coefficient (Wildman–Crippen LogP) is 21.1. The Balaban J connectivity index is 4.01. The minimum absolute atomic E-state index is 0.0153. The van der Waals surface area contributed by atoms with E-state index in [4.69, 9.17) is 9.05 Å². The van der Waals surface area contributed by atoms with Crippen LogP contribution in [-0.2, 0) is 18.4 Å². The highest BCUT2D eigenvalue weighted by Crippen LogP contribution is 2.38. The molecule has 0 rings (SSSR count). The van der Waals surface area contributed by atoms with Gasteiger partial charge >= 0.3 is 0 Å². The number of nitrogens with zero attached hydrogens (tertiary/aromatic N) is 1. The van der Waals surface area contributed by atoms with Crippen LogP contribution >= 0.6 is 7.82 Å². The fraction of sp³-hybridized carbons (Fsp3) is 0.956. The summed E-state index contributed by atoms with van der Waals surface area (Å²) in [4.78, 5) is 25.6. The predicted molar refractivity (Wildman–Crippen MR) is 335 cm³/mol. The summed E-state index contributed by atoms with van der Waals surface area (Å²) in [6.07, 6.45) is 75.7. The summed E-state index contributed by atoms with van der Waals surface area (Å²) >= 11 is 0. The standard InChI is InChI=1S/C68H137N2O6P/c1-6-8-10-12-14-16-18-20-22-24-26-28-30-32-33-34-35-36-38-39-41-43-45-47-49-51-53-55-57-59-61-67(71)66(65-76-77(73,74)75-64-63-70(3,4)5)69-68(72)62-60-58-56-54-52-50-48-46-44-42-40-37-31-29-27-25-23-21-19-17-15-13-11-9-7-2/h25,27,66-67,71H,6-24,26,28-65H2,1-5H3,(H-,69,72,73,74)/b27-25-. The Bertz CT molecular complexity index is 1260. The van der Waals surface area contributed by atoms with Gasteiger partial charge in [0.15, 0.2) is 0 Å². The molecule has 0 aromatic heterocycles. The van der Waals surface area contributed by atoms with Crippen LogP contribution in [0.3, 0.4) is 0 Å². The molecule has 0 radical (unpaired) electrons. The normalized spacial score (nSPS) is 13.7. The number of nitrogens with one attached hydrogen (secondary N) is 1. The topological polar surface area (TPSA) is 108 Å². The summed E-state index contributed by atoms with van der Waals surface area (Å²) in [7, 11) is 1.33. The number of carbonyl (C=O) groups excluding carboxylic acids is 1. The molecule has 0 saturated carbocycles. The van der Waals surface area contributed by atoms with Crippen molar-refractivity contribution in [1.29, 1.82) is 0 Å². The molecule has 77 heavy (non-hydrogen) atoms. The van der Waals surface area contributed by atoms with E-state index >= 15 is 0 Å². The van der Waals surface area contributed by atoms with E-state index in [1.165, 1.54) is 302 Å². The molecule has 0 fully saturated rings. The second-order valence-corrected chi connectivity index (χ2v) is 26.7. The van der Waals surface area contributed by atoms with Gasteiger partial charge in [-0.25, -0.2) is 0 Å². The van der Waals surface area contributed by atoms with Gasteiger partial charge in [-0.05, 0) is 38.5 Å². The molecule has 0 aliphatic rings. The zero-order valence-corrected chi connectivity index (χ0v) is 53.6. The molecule has 460 valence electrons. The van der Waals surface area contributed by atoms with E-state index in [2.05, 4.69) is 31.3 Å². The van der Waals surface area contributed by atoms with E-state index in [1.54, 1.807) is 0 Å². The van der Waals surface area contributed by atoms with E-state index in [1.807, 2.05) is 21.1 Å². The smallest absolute Gasteiger partial charge is 0.268 e. The number of amides is 1. The number of likely N-dealkylation sites (N-methyl/N-ethyl adjacent to an activating group) is 1. The van der Waals surface area contributed by atoms with Crippen molar-refractivity contribution in [3.8, 4) is 0 Å². The monoisotopic (exact) mass is 1110 g/mol. The van der Waals surface area contributed by atoms with Gasteiger partial charge in [0.05, 0.1) is 39.9 Å². The fourth-order valence-electron chi connectivity index (χ4n) is 10.9. The summed E-state index contributed by atoms with van der Waals surface area (Å²) in [6.45, 7) is 4.79. The number of aliphatic hydroxyl groups is 1. The van der Waals surface area contributed by atoms with E-state index in [9.17, 15) is 19.4 Å². The maximum absolute atomic E-state index is 13.0. The number of rotatable bonds is 65. The van der Waals surface area contributed by atoms with Crippen LogP contribution in [0.2, 0.25) is 0 Å². The molecule has 2 N–H and O–H groups in total. The molecule has 0 aromatic rings. The summed E-state index contributed by atoms with van der Waals surface area (Å²) < 4.78 is 23.5. The first-order chi connectivity index (χ1) is 37.5. The second-order valence-electron chi connectivity index (χ2n) is 25.2. The highest BCUT2D eigenvalue weighted by molar-refractivity contribution is 7.45. The molecule has 9 heteroatoms. The van der Waals surface area contributed by atoms with Gasteiger partial charge in [-0.15, -0.1) is 0 Å². The lowest BCUT2D eigenvalue weighted by atomic mass is 10.0. The number of unbranched alkanes of at least 4 members (excludes halogenated alkanes) is 50. The van der Waals surface area contributed by atoms with E-state index < -0.39 is 20.0 Å². The molecule has 0 aliphatic carbocycles. The number of quaternary nitrogens is 1. The Kier molecular flexibility index (Phi) is 59.3. The van der Waals surface area contributed by atoms with Gasteiger partial charge in [-0.1, -0.05) is 334 Å².